The smallest absolute Gasteiger partial charge is 0.349 e. The average Bonchev–Trinajstić information content (AvgIpc) is 3.38. The normalized spacial score (nSPS) is 29.6. The van der Waals surface area contributed by atoms with Gasteiger partial charge in [-0.05, 0) is 73.3 Å². The van der Waals surface area contributed by atoms with Gasteiger partial charge < -0.3 is 5.32 Å². The molecule has 1 amide bonds. The van der Waals surface area contributed by atoms with Crippen molar-refractivity contribution in [1.82, 2.24) is 19.9 Å². The van der Waals surface area contributed by atoms with Gasteiger partial charge in [0.15, 0.2) is 11.3 Å². The molecule has 4 saturated carbocycles. The molecule has 4 fully saturated rings. The predicted molar refractivity (Wildman–Crippen MR) is 110 cm³/mol. The predicted octanol–water partition coefficient (Wildman–Crippen LogP) is 5.03. The van der Waals surface area contributed by atoms with E-state index in [1.165, 1.54) is 24.0 Å². The van der Waals surface area contributed by atoms with Crippen molar-refractivity contribution in [3.8, 4) is 10.6 Å². The number of rotatable bonds is 3. The SMILES string of the molecule is O=C(NC1C2CC3CC(C2)CC1C3)c1cnn2c(C(F)(F)F)cc(-c3cccs3)nc12. The number of aromatic nitrogens is 3. The molecule has 5 nitrogen and oxygen atoms in total. The van der Waals surface area contributed by atoms with Crippen LogP contribution in [0.4, 0.5) is 13.2 Å². The molecule has 31 heavy (non-hydrogen) atoms. The molecule has 0 unspecified atom stereocenters. The van der Waals surface area contributed by atoms with Gasteiger partial charge in [-0.15, -0.1) is 11.3 Å². The van der Waals surface area contributed by atoms with Gasteiger partial charge in [-0.3, -0.25) is 4.79 Å². The summed E-state index contributed by atoms with van der Waals surface area (Å²) in [6.07, 6.45) is 2.49. The minimum atomic E-state index is -4.62. The van der Waals surface area contributed by atoms with Crippen molar-refractivity contribution < 1.29 is 18.0 Å². The van der Waals surface area contributed by atoms with E-state index < -0.39 is 11.9 Å². The van der Waals surface area contributed by atoms with E-state index in [1.54, 1.807) is 17.5 Å². The Morgan fingerprint density at radius 3 is 2.45 bits per heavy atom. The van der Waals surface area contributed by atoms with Crippen LogP contribution in [0.3, 0.4) is 0 Å². The fourth-order valence-corrected chi connectivity index (χ4v) is 6.95. The van der Waals surface area contributed by atoms with E-state index in [1.807, 2.05) is 0 Å². The molecule has 3 heterocycles. The molecule has 0 radical (unpaired) electrons. The van der Waals surface area contributed by atoms with Crippen molar-refractivity contribution in [1.29, 1.82) is 0 Å². The second-order valence-corrected chi connectivity index (χ2v) is 10.2. The van der Waals surface area contributed by atoms with E-state index in [0.29, 0.717) is 16.7 Å². The molecule has 4 bridgehead atoms. The van der Waals surface area contributed by atoms with Crippen LogP contribution in [0, 0.1) is 23.7 Å². The summed E-state index contributed by atoms with van der Waals surface area (Å²) >= 11 is 1.30. The average molecular weight is 446 g/mol. The van der Waals surface area contributed by atoms with Crippen molar-refractivity contribution in [2.24, 2.45) is 23.7 Å². The third-order valence-corrected chi connectivity index (χ3v) is 8.20. The largest absolute Gasteiger partial charge is 0.433 e. The lowest BCUT2D eigenvalue weighted by Gasteiger charge is -2.54. The fourth-order valence-electron chi connectivity index (χ4n) is 6.27. The van der Waals surface area contributed by atoms with Crippen LogP contribution in [-0.2, 0) is 6.18 Å². The van der Waals surface area contributed by atoms with E-state index in [0.717, 1.165) is 48.1 Å². The Morgan fingerprint density at radius 1 is 1.13 bits per heavy atom. The number of alkyl halides is 3. The molecule has 0 atom stereocenters. The zero-order chi connectivity index (χ0) is 21.3. The quantitative estimate of drug-likeness (QED) is 0.614. The molecule has 7 rings (SSSR count). The van der Waals surface area contributed by atoms with Crippen molar-refractivity contribution in [2.45, 2.75) is 44.3 Å². The highest BCUT2D eigenvalue weighted by Crippen LogP contribution is 2.53. The van der Waals surface area contributed by atoms with Gasteiger partial charge in [0.1, 0.15) is 5.56 Å². The Bertz CT molecular complexity index is 1130. The number of carbonyl (C=O) groups is 1. The highest BCUT2D eigenvalue weighted by atomic mass is 32.1. The number of nitrogens with one attached hydrogen (secondary N) is 1. The number of hydrogen-bond acceptors (Lipinski definition) is 4. The van der Waals surface area contributed by atoms with Crippen LogP contribution in [-0.4, -0.2) is 26.5 Å². The molecule has 4 aliphatic rings. The lowest BCUT2D eigenvalue weighted by Crippen LogP contribution is -2.55. The highest BCUT2D eigenvalue weighted by molar-refractivity contribution is 7.13. The van der Waals surface area contributed by atoms with E-state index >= 15 is 0 Å². The monoisotopic (exact) mass is 446 g/mol. The number of fused-ring (bicyclic) bond motifs is 1. The first-order valence-electron chi connectivity index (χ1n) is 10.7. The molecule has 1 N–H and O–H groups in total. The summed E-state index contributed by atoms with van der Waals surface area (Å²) in [6.45, 7) is 0. The maximum Gasteiger partial charge on any atom is 0.433 e. The summed E-state index contributed by atoms with van der Waals surface area (Å²) in [5.74, 6) is 2.12. The Kier molecular flexibility index (Phi) is 4.22. The number of halogens is 3. The Hall–Kier alpha value is -2.42. The van der Waals surface area contributed by atoms with Crippen LogP contribution < -0.4 is 5.32 Å². The maximum atomic E-state index is 13.7. The fraction of sp³-hybridized carbons (Fsp3) is 0.500. The highest BCUT2D eigenvalue weighted by Gasteiger charge is 2.48. The van der Waals surface area contributed by atoms with E-state index in [4.69, 9.17) is 0 Å². The van der Waals surface area contributed by atoms with Gasteiger partial charge in [-0.25, -0.2) is 9.50 Å². The van der Waals surface area contributed by atoms with Crippen LogP contribution in [0.15, 0.2) is 29.8 Å². The van der Waals surface area contributed by atoms with Crippen molar-refractivity contribution in [3.63, 3.8) is 0 Å². The minimum Gasteiger partial charge on any atom is -0.349 e. The van der Waals surface area contributed by atoms with Crippen LogP contribution in [0.25, 0.3) is 16.2 Å². The van der Waals surface area contributed by atoms with E-state index in [9.17, 15) is 18.0 Å². The summed E-state index contributed by atoms with van der Waals surface area (Å²) < 4.78 is 41.9. The number of hydrogen-bond donors (Lipinski definition) is 1. The third-order valence-electron chi connectivity index (χ3n) is 7.30. The molecule has 0 aromatic carbocycles. The Balaban J connectivity index is 1.38. The number of amides is 1. The summed E-state index contributed by atoms with van der Waals surface area (Å²) in [5.41, 5.74) is -0.703. The lowest BCUT2D eigenvalue weighted by atomic mass is 9.54. The summed E-state index contributed by atoms with van der Waals surface area (Å²) in [6, 6.07) is 4.56. The first-order valence-corrected chi connectivity index (χ1v) is 11.6. The number of thiophene rings is 1. The van der Waals surface area contributed by atoms with Gasteiger partial charge in [0.25, 0.3) is 5.91 Å². The molecule has 0 spiro atoms. The molecule has 3 aromatic heterocycles. The van der Waals surface area contributed by atoms with Gasteiger partial charge in [0.05, 0.1) is 16.8 Å². The molecule has 162 valence electrons. The van der Waals surface area contributed by atoms with Crippen molar-refractivity contribution in [3.05, 3.63) is 41.0 Å². The third kappa shape index (κ3) is 3.16. The number of carbonyl (C=O) groups excluding carboxylic acids is 1. The lowest BCUT2D eigenvalue weighted by molar-refractivity contribution is -0.142. The number of nitrogens with zero attached hydrogens (tertiary/aromatic N) is 3. The molecule has 9 heteroatoms. The van der Waals surface area contributed by atoms with Crippen LogP contribution in [0.1, 0.15) is 48.2 Å². The Labute approximate surface area is 180 Å². The van der Waals surface area contributed by atoms with Gasteiger partial charge in [-0.1, -0.05) is 6.07 Å². The van der Waals surface area contributed by atoms with Crippen LogP contribution >= 0.6 is 11.3 Å². The molecular weight excluding hydrogens is 425 g/mol. The van der Waals surface area contributed by atoms with Crippen molar-refractivity contribution in [2.75, 3.05) is 0 Å². The standard InChI is InChI=1S/C22H21F3N4OS/c23-22(24,25)18-9-16(17-2-1-3-31-17)27-20-15(10-26-29(18)20)21(30)28-19-13-5-11-4-12(7-13)8-14(19)6-11/h1-3,9-14,19H,4-8H2,(H,28,30). The summed E-state index contributed by atoms with van der Waals surface area (Å²) in [5, 5.41) is 8.83. The summed E-state index contributed by atoms with van der Waals surface area (Å²) in [4.78, 5) is 18.2. The molecule has 0 aliphatic heterocycles. The van der Waals surface area contributed by atoms with E-state index in [2.05, 4.69) is 15.4 Å². The second-order valence-electron chi connectivity index (χ2n) is 9.23. The Morgan fingerprint density at radius 2 is 1.84 bits per heavy atom. The first kappa shape index (κ1) is 19.3. The maximum absolute atomic E-state index is 13.7. The second kappa shape index (κ2) is 6.79. The van der Waals surface area contributed by atoms with Gasteiger partial charge in [-0.2, -0.15) is 18.3 Å². The topological polar surface area (TPSA) is 59.3 Å². The van der Waals surface area contributed by atoms with E-state index in [-0.39, 0.29) is 28.9 Å². The van der Waals surface area contributed by atoms with Crippen LogP contribution in [0.5, 0.6) is 0 Å². The van der Waals surface area contributed by atoms with Gasteiger partial charge in [0.2, 0.25) is 0 Å². The minimum absolute atomic E-state index is 0.0560. The molecule has 3 aromatic rings. The van der Waals surface area contributed by atoms with Crippen LogP contribution in [0.2, 0.25) is 0 Å². The molecular formula is C22H21F3N4OS. The van der Waals surface area contributed by atoms with Crippen molar-refractivity contribution >= 4 is 22.9 Å². The molecule has 4 aliphatic carbocycles. The zero-order valence-electron chi connectivity index (χ0n) is 16.6. The van der Waals surface area contributed by atoms with Gasteiger partial charge >= 0.3 is 6.18 Å². The first-order chi connectivity index (χ1) is 14.9. The summed E-state index contributed by atoms with van der Waals surface area (Å²) in [7, 11) is 0. The zero-order valence-corrected chi connectivity index (χ0v) is 17.4. The van der Waals surface area contributed by atoms with Gasteiger partial charge in [0, 0.05) is 6.04 Å². The molecule has 0 saturated heterocycles.